The molecule has 0 spiro atoms. The fourth-order valence-corrected chi connectivity index (χ4v) is 5.67. The van der Waals surface area contributed by atoms with Crippen LogP contribution in [0, 0.1) is 5.41 Å². The summed E-state index contributed by atoms with van der Waals surface area (Å²) in [5.41, 5.74) is 2.28. The number of aryl methyl sites for hydroxylation is 1. The van der Waals surface area contributed by atoms with Gasteiger partial charge >= 0.3 is 0 Å². The number of amides is 2. The molecule has 1 saturated heterocycles. The maximum atomic E-state index is 13.8. The van der Waals surface area contributed by atoms with Crippen molar-refractivity contribution in [3.8, 4) is 5.75 Å². The molecule has 0 saturated carbocycles. The number of nitrogens with zero attached hydrogens (tertiary/aromatic N) is 3. The first-order chi connectivity index (χ1) is 18.8. The van der Waals surface area contributed by atoms with E-state index in [-0.39, 0.29) is 11.8 Å². The van der Waals surface area contributed by atoms with Gasteiger partial charge in [0, 0.05) is 67.7 Å². The van der Waals surface area contributed by atoms with Crippen LogP contribution in [0.15, 0.2) is 85.1 Å². The SMILES string of the molecule is CN(Cc1ccccc1)C(=O)C[C@@]1(COc2ccc(Cl)cc2)CCCN(C(=O)c2cn(C)c3ccccc23)C1. The van der Waals surface area contributed by atoms with Crippen molar-refractivity contribution in [1.29, 1.82) is 0 Å². The van der Waals surface area contributed by atoms with Crippen molar-refractivity contribution in [3.63, 3.8) is 0 Å². The van der Waals surface area contributed by atoms with Gasteiger partial charge in [-0.05, 0) is 48.7 Å². The van der Waals surface area contributed by atoms with Gasteiger partial charge in [0.1, 0.15) is 5.75 Å². The number of likely N-dealkylation sites (tertiary alicyclic amines) is 1. The van der Waals surface area contributed by atoms with Crippen LogP contribution in [0.4, 0.5) is 0 Å². The molecule has 0 radical (unpaired) electrons. The van der Waals surface area contributed by atoms with Crippen LogP contribution in [0.5, 0.6) is 5.75 Å². The van der Waals surface area contributed by atoms with E-state index in [1.165, 1.54) is 0 Å². The van der Waals surface area contributed by atoms with Gasteiger partial charge in [-0.25, -0.2) is 0 Å². The molecule has 3 aromatic carbocycles. The Morgan fingerprint density at radius 1 is 1.00 bits per heavy atom. The van der Waals surface area contributed by atoms with Gasteiger partial charge in [0.25, 0.3) is 5.91 Å². The van der Waals surface area contributed by atoms with E-state index in [2.05, 4.69) is 0 Å². The third-order valence-electron chi connectivity index (χ3n) is 7.65. The first-order valence-electron chi connectivity index (χ1n) is 13.3. The molecule has 7 heteroatoms. The van der Waals surface area contributed by atoms with Gasteiger partial charge in [-0.2, -0.15) is 0 Å². The molecule has 1 fully saturated rings. The average molecular weight is 544 g/mol. The summed E-state index contributed by atoms with van der Waals surface area (Å²) < 4.78 is 8.23. The van der Waals surface area contributed by atoms with E-state index in [0.29, 0.717) is 49.0 Å². The Morgan fingerprint density at radius 3 is 2.49 bits per heavy atom. The van der Waals surface area contributed by atoms with E-state index in [4.69, 9.17) is 16.3 Å². The molecule has 1 aromatic heterocycles. The van der Waals surface area contributed by atoms with E-state index in [1.807, 2.05) is 96.5 Å². The van der Waals surface area contributed by atoms with Crippen molar-refractivity contribution >= 4 is 34.3 Å². The van der Waals surface area contributed by atoms with Crippen LogP contribution in [-0.4, -0.2) is 52.9 Å². The van der Waals surface area contributed by atoms with Gasteiger partial charge in [0.2, 0.25) is 5.91 Å². The van der Waals surface area contributed by atoms with E-state index in [9.17, 15) is 9.59 Å². The van der Waals surface area contributed by atoms with Crippen molar-refractivity contribution < 1.29 is 14.3 Å². The largest absolute Gasteiger partial charge is 0.493 e. The zero-order valence-corrected chi connectivity index (χ0v) is 23.2. The van der Waals surface area contributed by atoms with Crippen LogP contribution in [0.25, 0.3) is 10.9 Å². The second kappa shape index (κ2) is 11.5. The highest BCUT2D eigenvalue weighted by Gasteiger charge is 2.41. The first kappa shape index (κ1) is 26.8. The Morgan fingerprint density at radius 2 is 1.72 bits per heavy atom. The van der Waals surface area contributed by atoms with Gasteiger partial charge < -0.3 is 19.1 Å². The number of fused-ring (bicyclic) bond motifs is 1. The number of benzene rings is 3. The van der Waals surface area contributed by atoms with Crippen molar-refractivity contribution in [2.75, 3.05) is 26.7 Å². The van der Waals surface area contributed by atoms with Crippen LogP contribution in [0.1, 0.15) is 35.2 Å². The summed E-state index contributed by atoms with van der Waals surface area (Å²) in [6, 6.07) is 25.2. The quantitative estimate of drug-likeness (QED) is 0.266. The molecule has 0 unspecified atom stereocenters. The van der Waals surface area contributed by atoms with Crippen LogP contribution < -0.4 is 4.74 Å². The molecular weight excluding hydrogens is 510 g/mol. The van der Waals surface area contributed by atoms with Crippen LogP contribution in [-0.2, 0) is 18.4 Å². The Kier molecular flexibility index (Phi) is 7.94. The zero-order chi connectivity index (χ0) is 27.4. The standard InChI is InChI=1S/C32H34ClN3O3/c1-34-21-28(27-11-6-7-12-29(27)34)31(38)36-18-8-17-32(22-36,23-39-26-15-13-25(33)14-16-26)19-30(37)35(2)20-24-9-4-3-5-10-24/h3-7,9-16,21H,8,17-20,22-23H2,1-2H3/t32-/m0/s1. The highest BCUT2D eigenvalue weighted by Crippen LogP contribution is 2.36. The molecule has 0 bridgehead atoms. The van der Waals surface area contributed by atoms with Gasteiger partial charge in [-0.3, -0.25) is 9.59 Å². The number of ether oxygens (including phenoxy) is 1. The van der Waals surface area contributed by atoms with E-state index in [1.54, 1.807) is 17.0 Å². The monoisotopic (exact) mass is 543 g/mol. The van der Waals surface area contributed by atoms with E-state index >= 15 is 0 Å². The molecule has 202 valence electrons. The Balaban J connectivity index is 1.38. The zero-order valence-electron chi connectivity index (χ0n) is 22.5. The minimum Gasteiger partial charge on any atom is -0.493 e. The maximum Gasteiger partial charge on any atom is 0.256 e. The van der Waals surface area contributed by atoms with Gasteiger partial charge in [-0.1, -0.05) is 60.1 Å². The number of carbonyl (C=O) groups excluding carboxylic acids is 2. The Bertz CT molecular complexity index is 1450. The summed E-state index contributed by atoms with van der Waals surface area (Å²) in [7, 11) is 3.80. The predicted molar refractivity (Wildman–Crippen MR) is 155 cm³/mol. The summed E-state index contributed by atoms with van der Waals surface area (Å²) >= 11 is 6.06. The van der Waals surface area contributed by atoms with Crippen molar-refractivity contribution in [1.82, 2.24) is 14.4 Å². The highest BCUT2D eigenvalue weighted by molar-refractivity contribution is 6.30. The van der Waals surface area contributed by atoms with Gasteiger partial charge in [-0.15, -0.1) is 0 Å². The number of halogens is 1. The molecular formula is C32H34ClN3O3. The molecule has 4 aromatic rings. The number of hydrogen-bond acceptors (Lipinski definition) is 3. The lowest BCUT2D eigenvalue weighted by Crippen LogP contribution is -2.50. The third kappa shape index (κ3) is 6.12. The fraction of sp³-hybridized carbons (Fsp3) is 0.312. The second-order valence-electron chi connectivity index (χ2n) is 10.7. The lowest BCUT2D eigenvalue weighted by molar-refractivity contribution is -0.134. The molecule has 0 aliphatic carbocycles. The summed E-state index contributed by atoms with van der Waals surface area (Å²) in [5.74, 6) is 0.729. The first-order valence-corrected chi connectivity index (χ1v) is 13.7. The molecule has 1 atom stereocenters. The normalized spacial score (nSPS) is 17.3. The number of hydrogen-bond donors (Lipinski definition) is 0. The van der Waals surface area contributed by atoms with E-state index in [0.717, 1.165) is 29.3 Å². The molecule has 39 heavy (non-hydrogen) atoms. The maximum absolute atomic E-state index is 13.8. The molecule has 0 N–H and O–H groups in total. The summed E-state index contributed by atoms with van der Waals surface area (Å²) in [6.45, 7) is 1.97. The summed E-state index contributed by atoms with van der Waals surface area (Å²) in [5, 5.41) is 1.58. The molecule has 2 heterocycles. The van der Waals surface area contributed by atoms with Crippen LogP contribution in [0.3, 0.4) is 0 Å². The van der Waals surface area contributed by atoms with E-state index < -0.39 is 5.41 Å². The fourth-order valence-electron chi connectivity index (χ4n) is 5.55. The number of carbonyl (C=O) groups is 2. The molecule has 2 amide bonds. The van der Waals surface area contributed by atoms with Gasteiger partial charge in [0.05, 0.1) is 12.2 Å². The predicted octanol–water partition coefficient (Wildman–Crippen LogP) is 6.18. The minimum absolute atomic E-state index is 0.00698. The second-order valence-corrected chi connectivity index (χ2v) is 11.1. The number of piperidine rings is 1. The van der Waals surface area contributed by atoms with Crippen molar-refractivity contribution in [2.24, 2.45) is 12.5 Å². The summed E-state index contributed by atoms with van der Waals surface area (Å²) in [4.78, 5) is 31.1. The molecule has 1 aliphatic rings. The minimum atomic E-state index is -0.514. The molecule has 6 nitrogen and oxygen atoms in total. The highest BCUT2D eigenvalue weighted by atomic mass is 35.5. The number of rotatable bonds is 8. The lowest BCUT2D eigenvalue weighted by Gasteiger charge is -2.43. The lowest BCUT2D eigenvalue weighted by atomic mass is 9.77. The van der Waals surface area contributed by atoms with Crippen molar-refractivity contribution in [2.45, 2.75) is 25.8 Å². The Labute approximate surface area is 234 Å². The van der Waals surface area contributed by atoms with Crippen LogP contribution >= 0.6 is 11.6 Å². The van der Waals surface area contributed by atoms with Crippen LogP contribution in [0.2, 0.25) is 5.02 Å². The summed E-state index contributed by atoms with van der Waals surface area (Å²) in [6.07, 6.45) is 3.80. The third-order valence-corrected chi connectivity index (χ3v) is 7.90. The van der Waals surface area contributed by atoms with Gasteiger partial charge in [0.15, 0.2) is 0 Å². The number of aromatic nitrogens is 1. The Hall–Kier alpha value is -3.77. The molecule has 1 aliphatic heterocycles. The topological polar surface area (TPSA) is 54.8 Å². The molecule has 5 rings (SSSR count). The smallest absolute Gasteiger partial charge is 0.256 e. The average Bonchev–Trinajstić information content (AvgIpc) is 3.29. The number of para-hydroxylation sites is 1. The van der Waals surface area contributed by atoms with Crippen molar-refractivity contribution in [3.05, 3.63) is 101 Å².